The van der Waals surface area contributed by atoms with E-state index in [9.17, 15) is 0 Å². The molecule has 0 aliphatic rings. The topological polar surface area (TPSA) is 37.9 Å². The van der Waals surface area contributed by atoms with Gasteiger partial charge in [0.1, 0.15) is 12.4 Å². The van der Waals surface area contributed by atoms with E-state index in [2.05, 4.69) is 22.6 Å². The van der Waals surface area contributed by atoms with Crippen molar-refractivity contribution in [1.29, 1.82) is 0 Å². The molecule has 3 aromatic rings. The van der Waals surface area contributed by atoms with Gasteiger partial charge < -0.3 is 9.72 Å². The van der Waals surface area contributed by atoms with E-state index in [4.69, 9.17) is 4.74 Å². The summed E-state index contributed by atoms with van der Waals surface area (Å²) in [5.74, 6) is 0.811. The molecule has 1 heterocycles. The van der Waals surface area contributed by atoms with Crippen LogP contribution in [0, 0.1) is 0 Å². The SMILES string of the molecule is Sc1nc2cc(OCc3ccccc3)ccc2[nH]1. The molecule has 0 saturated heterocycles. The number of nitrogens with zero attached hydrogens (tertiary/aromatic N) is 1. The van der Waals surface area contributed by atoms with Gasteiger partial charge in [-0.05, 0) is 17.7 Å². The standard InChI is InChI=1S/C14H12N2OS/c18-14-15-12-7-6-11(8-13(12)16-14)17-9-10-4-2-1-3-5-10/h1-8H,9H2,(H2,15,16,18). The summed E-state index contributed by atoms with van der Waals surface area (Å²) in [5.41, 5.74) is 2.98. The lowest BCUT2D eigenvalue weighted by Gasteiger charge is -2.05. The van der Waals surface area contributed by atoms with Gasteiger partial charge in [-0.25, -0.2) is 4.98 Å². The molecular weight excluding hydrogens is 244 g/mol. The van der Waals surface area contributed by atoms with Gasteiger partial charge >= 0.3 is 0 Å². The summed E-state index contributed by atoms with van der Waals surface area (Å²) in [6.45, 7) is 0.560. The lowest BCUT2D eigenvalue weighted by Crippen LogP contribution is -1.94. The molecule has 0 saturated carbocycles. The van der Waals surface area contributed by atoms with Crippen molar-refractivity contribution >= 4 is 23.7 Å². The molecule has 0 radical (unpaired) electrons. The fraction of sp³-hybridized carbons (Fsp3) is 0.0714. The van der Waals surface area contributed by atoms with Crippen molar-refractivity contribution in [2.45, 2.75) is 11.8 Å². The molecule has 1 N–H and O–H groups in total. The molecule has 0 fully saturated rings. The minimum Gasteiger partial charge on any atom is -0.489 e. The smallest absolute Gasteiger partial charge is 0.163 e. The van der Waals surface area contributed by atoms with Crippen molar-refractivity contribution in [2.75, 3.05) is 0 Å². The monoisotopic (exact) mass is 256 g/mol. The van der Waals surface area contributed by atoms with Crippen molar-refractivity contribution in [1.82, 2.24) is 9.97 Å². The molecule has 4 heteroatoms. The third-order valence-corrected chi connectivity index (χ3v) is 2.90. The Balaban J connectivity index is 1.78. The van der Waals surface area contributed by atoms with Crippen LogP contribution in [0.15, 0.2) is 53.7 Å². The van der Waals surface area contributed by atoms with Gasteiger partial charge in [0.05, 0.1) is 11.0 Å². The molecule has 3 nitrogen and oxygen atoms in total. The summed E-state index contributed by atoms with van der Waals surface area (Å²) in [4.78, 5) is 7.31. The predicted molar refractivity (Wildman–Crippen MR) is 74.1 cm³/mol. The van der Waals surface area contributed by atoms with Crippen molar-refractivity contribution in [2.24, 2.45) is 0 Å². The van der Waals surface area contributed by atoms with Crippen LogP contribution < -0.4 is 4.74 Å². The molecule has 0 spiro atoms. The van der Waals surface area contributed by atoms with Gasteiger partial charge in [-0.3, -0.25) is 0 Å². The van der Waals surface area contributed by atoms with E-state index < -0.39 is 0 Å². The number of benzene rings is 2. The summed E-state index contributed by atoms with van der Waals surface area (Å²) in [5, 5.41) is 0.616. The first-order valence-electron chi connectivity index (χ1n) is 5.67. The molecular formula is C14H12N2OS. The molecule has 1 aromatic heterocycles. The number of thiol groups is 1. The molecule has 0 aliphatic heterocycles. The largest absolute Gasteiger partial charge is 0.489 e. The lowest BCUT2D eigenvalue weighted by molar-refractivity contribution is 0.306. The zero-order valence-electron chi connectivity index (χ0n) is 9.63. The number of imidazole rings is 1. The maximum Gasteiger partial charge on any atom is 0.163 e. The Labute approximate surface area is 110 Å². The maximum absolute atomic E-state index is 5.73. The second-order valence-corrected chi connectivity index (χ2v) is 4.44. The molecule has 0 aliphatic carbocycles. The highest BCUT2D eigenvalue weighted by Crippen LogP contribution is 2.20. The molecule has 0 unspecified atom stereocenters. The van der Waals surface area contributed by atoms with Crippen LogP contribution in [0.1, 0.15) is 5.56 Å². The van der Waals surface area contributed by atoms with E-state index in [0.717, 1.165) is 22.3 Å². The highest BCUT2D eigenvalue weighted by molar-refractivity contribution is 7.80. The van der Waals surface area contributed by atoms with E-state index in [1.54, 1.807) is 0 Å². The highest BCUT2D eigenvalue weighted by atomic mass is 32.1. The normalized spacial score (nSPS) is 10.7. The third kappa shape index (κ3) is 2.33. The Hall–Kier alpha value is -1.94. The molecule has 90 valence electrons. The molecule has 0 amide bonds. The Bertz CT molecular complexity index is 664. The fourth-order valence-electron chi connectivity index (χ4n) is 1.80. The van der Waals surface area contributed by atoms with Crippen molar-refractivity contribution in [3.63, 3.8) is 0 Å². The molecule has 3 rings (SSSR count). The van der Waals surface area contributed by atoms with Gasteiger partial charge in [-0.2, -0.15) is 0 Å². The highest BCUT2D eigenvalue weighted by Gasteiger charge is 2.02. The van der Waals surface area contributed by atoms with Crippen molar-refractivity contribution in [3.05, 3.63) is 54.1 Å². The van der Waals surface area contributed by atoms with Crippen LogP contribution in [0.25, 0.3) is 11.0 Å². The summed E-state index contributed by atoms with van der Waals surface area (Å²) in [6.07, 6.45) is 0. The Morgan fingerprint density at radius 2 is 1.94 bits per heavy atom. The third-order valence-electron chi connectivity index (χ3n) is 2.69. The van der Waals surface area contributed by atoms with E-state index >= 15 is 0 Å². The number of rotatable bonds is 3. The zero-order valence-corrected chi connectivity index (χ0v) is 10.5. The quantitative estimate of drug-likeness (QED) is 0.704. The minimum absolute atomic E-state index is 0.560. The van der Waals surface area contributed by atoms with Gasteiger partial charge in [0.2, 0.25) is 0 Å². The van der Waals surface area contributed by atoms with Gasteiger partial charge in [-0.15, -0.1) is 12.6 Å². The van der Waals surface area contributed by atoms with Gasteiger partial charge in [-0.1, -0.05) is 30.3 Å². The van der Waals surface area contributed by atoms with Gasteiger partial charge in [0.25, 0.3) is 0 Å². The number of aromatic nitrogens is 2. The van der Waals surface area contributed by atoms with E-state index in [-0.39, 0.29) is 0 Å². The minimum atomic E-state index is 0.560. The van der Waals surface area contributed by atoms with Crippen LogP contribution in [-0.2, 0) is 6.61 Å². The second kappa shape index (κ2) is 4.74. The maximum atomic E-state index is 5.73. The van der Waals surface area contributed by atoms with Crippen molar-refractivity contribution < 1.29 is 4.74 Å². The number of hydrogen-bond acceptors (Lipinski definition) is 3. The second-order valence-electron chi connectivity index (χ2n) is 4.01. The predicted octanol–water partition coefficient (Wildman–Crippen LogP) is 3.43. The summed E-state index contributed by atoms with van der Waals surface area (Å²) in [7, 11) is 0. The first-order chi connectivity index (χ1) is 8.81. The molecule has 0 atom stereocenters. The summed E-state index contributed by atoms with van der Waals surface area (Å²) < 4.78 is 5.73. The Morgan fingerprint density at radius 1 is 1.11 bits per heavy atom. The lowest BCUT2D eigenvalue weighted by atomic mass is 10.2. The first-order valence-corrected chi connectivity index (χ1v) is 6.11. The zero-order chi connectivity index (χ0) is 12.4. The molecule has 2 aromatic carbocycles. The van der Waals surface area contributed by atoms with Crippen LogP contribution in [0.3, 0.4) is 0 Å². The van der Waals surface area contributed by atoms with Gasteiger partial charge in [0, 0.05) is 6.07 Å². The van der Waals surface area contributed by atoms with E-state index in [1.165, 1.54) is 0 Å². The Morgan fingerprint density at radius 3 is 2.78 bits per heavy atom. The fourth-order valence-corrected chi connectivity index (χ4v) is 2.03. The summed E-state index contributed by atoms with van der Waals surface area (Å²) >= 11 is 4.18. The number of aromatic amines is 1. The first kappa shape index (κ1) is 11.2. The van der Waals surface area contributed by atoms with Crippen molar-refractivity contribution in [3.8, 4) is 5.75 Å². The van der Waals surface area contributed by atoms with Crippen LogP contribution in [0.4, 0.5) is 0 Å². The number of H-pyrrole nitrogens is 1. The van der Waals surface area contributed by atoms with E-state index in [0.29, 0.717) is 11.8 Å². The van der Waals surface area contributed by atoms with Crippen LogP contribution in [0.5, 0.6) is 5.75 Å². The Kier molecular flexibility index (Phi) is 2.94. The van der Waals surface area contributed by atoms with E-state index in [1.807, 2.05) is 48.5 Å². The molecule has 0 bridgehead atoms. The average Bonchev–Trinajstić information content (AvgIpc) is 2.77. The van der Waals surface area contributed by atoms with Crippen LogP contribution in [-0.4, -0.2) is 9.97 Å². The number of fused-ring (bicyclic) bond motifs is 1. The van der Waals surface area contributed by atoms with Crippen LogP contribution in [0.2, 0.25) is 0 Å². The number of hydrogen-bond donors (Lipinski definition) is 2. The average molecular weight is 256 g/mol. The number of ether oxygens (including phenoxy) is 1. The van der Waals surface area contributed by atoms with Crippen LogP contribution >= 0.6 is 12.6 Å². The summed E-state index contributed by atoms with van der Waals surface area (Å²) in [6, 6.07) is 15.9. The number of nitrogens with one attached hydrogen (secondary N) is 1. The van der Waals surface area contributed by atoms with Gasteiger partial charge in [0.15, 0.2) is 5.16 Å². The molecule has 18 heavy (non-hydrogen) atoms.